The molecule has 30 heavy (non-hydrogen) atoms. The molecule has 0 aliphatic carbocycles. The predicted molar refractivity (Wildman–Crippen MR) is 116 cm³/mol. The maximum Gasteiger partial charge on any atom is 0.325 e. The Labute approximate surface area is 180 Å². The number of amides is 3. The molecule has 0 radical (unpaired) electrons. The number of nitrogens with two attached hydrogens (primary N) is 3. The van der Waals surface area contributed by atoms with Gasteiger partial charge in [-0.25, -0.2) is 0 Å². The molecule has 0 aliphatic heterocycles. The van der Waals surface area contributed by atoms with Crippen molar-refractivity contribution in [2.75, 3.05) is 18.6 Å². The quantitative estimate of drug-likeness (QED) is 0.0864. The summed E-state index contributed by atoms with van der Waals surface area (Å²) in [5, 5.41) is 16.5. The third-order valence-electron chi connectivity index (χ3n) is 3.96. The lowest BCUT2D eigenvalue weighted by molar-refractivity contribution is -0.141. The molecule has 10 N–H and O–H groups in total. The van der Waals surface area contributed by atoms with Gasteiger partial charge in [0, 0.05) is 6.54 Å². The minimum atomic E-state index is -1.21. The number of carbonyl (C=O) groups excluding carboxylic acids is 3. The van der Waals surface area contributed by atoms with Crippen LogP contribution in [-0.4, -0.2) is 77.5 Å². The zero-order chi connectivity index (χ0) is 23.3. The number of carboxylic acids is 1. The first kappa shape index (κ1) is 27.5. The molecule has 0 aliphatic rings. The van der Waals surface area contributed by atoms with Crippen molar-refractivity contribution in [1.82, 2.24) is 16.0 Å². The van der Waals surface area contributed by atoms with E-state index in [2.05, 4.69) is 20.9 Å². The molecule has 0 fully saturated rings. The SMILES string of the molecule is CSCCC(NC(=O)C(C)N)C(=O)NC(CCCN=C(N)N)C(=O)NC(C)C(=O)O. The molecule has 4 atom stereocenters. The molecule has 0 bridgehead atoms. The van der Waals surface area contributed by atoms with Gasteiger partial charge in [0.2, 0.25) is 17.7 Å². The minimum Gasteiger partial charge on any atom is -0.480 e. The van der Waals surface area contributed by atoms with Crippen molar-refractivity contribution in [3.05, 3.63) is 0 Å². The van der Waals surface area contributed by atoms with Gasteiger partial charge in [-0.05, 0) is 45.1 Å². The molecule has 0 aromatic heterocycles. The molecule has 0 saturated carbocycles. The van der Waals surface area contributed by atoms with Crippen LogP contribution >= 0.6 is 11.8 Å². The lowest BCUT2D eigenvalue weighted by Crippen LogP contribution is -2.56. The van der Waals surface area contributed by atoms with Crippen LogP contribution in [0.1, 0.15) is 33.1 Å². The number of rotatable bonds is 14. The Morgan fingerprint density at radius 3 is 2.00 bits per heavy atom. The van der Waals surface area contributed by atoms with Gasteiger partial charge in [-0.3, -0.25) is 24.2 Å². The summed E-state index contributed by atoms with van der Waals surface area (Å²) < 4.78 is 0. The van der Waals surface area contributed by atoms with Crippen LogP contribution in [-0.2, 0) is 19.2 Å². The number of guanidine groups is 1. The minimum absolute atomic E-state index is 0.102. The Bertz CT molecular complexity index is 626. The van der Waals surface area contributed by atoms with Crippen molar-refractivity contribution in [2.24, 2.45) is 22.2 Å². The van der Waals surface area contributed by atoms with Crippen molar-refractivity contribution < 1.29 is 24.3 Å². The third kappa shape index (κ3) is 11.5. The predicted octanol–water partition coefficient (Wildman–Crippen LogP) is -2.30. The second-order valence-corrected chi connectivity index (χ2v) is 7.70. The summed E-state index contributed by atoms with van der Waals surface area (Å²) in [7, 11) is 0. The fraction of sp³-hybridized carbons (Fsp3) is 0.706. The van der Waals surface area contributed by atoms with Crippen LogP contribution in [0.15, 0.2) is 4.99 Å². The van der Waals surface area contributed by atoms with Crippen LogP contribution in [0, 0.1) is 0 Å². The summed E-state index contributed by atoms with van der Waals surface area (Å²) >= 11 is 1.49. The number of aliphatic imine (C=N–C) groups is 1. The van der Waals surface area contributed by atoms with Gasteiger partial charge in [0.25, 0.3) is 0 Å². The highest BCUT2D eigenvalue weighted by Crippen LogP contribution is 2.05. The Kier molecular flexibility index (Phi) is 13.2. The highest BCUT2D eigenvalue weighted by Gasteiger charge is 2.28. The van der Waals surface area contributed by atoms with Gasteiger partial charge in [0.1, 0.15) is 18.1 Å². The monoisotopic (exact) mass is 447 g/mol. The first-order chi connectivity index (χ1) is 14.0. The maximum atomic E-state index is 12.7. The lowest BCUT2D eigenvalue weighted by Gasteiger charge is -2.24. The Balaban J connectivity index is 5.28. The van der Waals surface area contributed by atoms with Gasteiger partial charge in [0.05, 0.1) is 6.04 Å². The van der Waals surface area contributed by atoms with E-state index in [9.17, 15) is 19.2 Å². The molecule has 172 valence electrons. The molecule has 0 spiro atoms. The normalized spacial score (nSPS) is 14.5. The number of nitrogens with zero attached hydrogens (tertiary/aromatic N) is 1. The molecular weight excluding hydrogens is 414 g/mol. The zero-order valence-corrected chi connectivity index (χ0v) is 18.3. The van der Waals surface area contributed by atoms with Gasteiger partial charge < -0.3 is 38.3 Å². The topological polar surface area (TPSA) is 215 Å². The molecule has 13 heteroatoms. The molecular formula is C17H33N7O5S. The number of nitrogens with one attached hydrogen (secondary N) is 3. The van der Waals surface area contributed by atoms with Gasteiger partial charge in [0.15, 0.2) is 5.96 Å². The van der Waals surface area contributed by atoms with E-state index < -0.39 is 47.9 Å². The molecule has 4 unspecified atom stereocenters. The lowest BCUT2D eigenvalue weighted by atomic mass is 10.1. The molecule has 12 nitrogen and oxygen atoms in total. The number of hydrogen-bond acceptors (Lipinski definition) is 7. The smallest absolute Gasteiger partial charge is 0.325 e. The number of aliphatic carboxylic acids is 1. The summed E-state index contributed by atoms with van der Waals surface area (Å²) in [6.45, 7) is 3.03. The standard InChI is InChI=1S/C17H33N7O5S/c1-9(18)13(25)23-12(6-8-30-3)15(27)24-11(5-4-7-21-17(19)20)14(26)22-10(2)16(28)29/h9-12H,4-8,18H2,1-3H3,(H,22,26)(H,23,25)(H,24,27)(H,28,29)(H4,19,20,21). The van der Waals surface area contributed by atoms with Crippen molar-refractivity contribution in [2.45, 2.75) is 57.3 Å². The van der Waals surface area contributed by atoms with Crippen LogP contribution < -0.4 is 33.2 Å². The Hall–Kier alpha value is -2.54. The van der Waals surface area contributed by atoms with Crippen LogP contribution in [0.2, 0.25) is 0 Å². The number of thioether (sulfide) groups is 1. The second kappa shape index (κ2) is 14.4. The van der Waals surface area contributed by atoms with Gasteiger partial charge in [-0.2, -0.15) is 11.8 Å². The highest BCUT2D eigenvalue weighted by molar-refractivity contribution is 7.98. The summed E-state index contributed by atoms with van der Waals surface area (Å²) in [6, 6.07) is -3.86. The summed E-state index contributed by atoms with van der Waals surface area (Å²) in [6.07, 6.45) is 2.71. The van der Waals surface area contributed by atoms with E-state index >= 15 is 0 Å². The first-order valence-corrected chi connectivity index (χ1v) is 10.8. The molecule has 0 saturated heterocycles. The van der Waals surface area contributed by atoms with E-state index in [1.807, 2.05) is 6.26 Å². The number of hydrogen-bond donors (Lipinski definition) is 7. The van der Waals surface area contributed by atoms with E-state index in [0.717, 1.165) is 0 Å². The average Bonchev–Trinajstić information content (AvgIpc) is 2.66. The third-order valence-corrected chi connectivity index (χ3v) is 4.61. The van der Waals surface area contributed by atoms with Crippen LogP contribution in [0.5, 0.6) is 0 Å². The number of carboxylic acid groups (broad SMARTS) is 1. The Morgan fingerprint density at radius 1 is 0.967 bits per heavy atom. The molecule has 0 rings (SSSR count). The maximum absolute atomic E-state index is 12.7. The number of carbonyl (C=O) groups is 4. The Morgan fingerprint density at radius 2 is 1.50 bits per heavy atom. The van der Waals surface area contributed by atoms with E-state index in [0.29, 0.717) is 18.6 Å². The molecule has 0 aromatic carbocycles. The second-order valence-electron chi connectivity index (χ2n) is 6.71. The van der Waals surface area contributed by atoms with Crippen LogP contribution in [0.25, 0.3) is 0 Å². The molecule has 0 aromatic rings. The summed E-state index contributed by atoms with van der Waals surface area (Å²) in [5.74, 6) is -2.45. The van der Waals surface area contributed by atoms with Crippen molar-refractivity contribution in [1.29, 1.82) is 0 Å². The summed E-state index contributed by atoms with van der Waals surface area (Å²) in [5.41, 5.74) is 16.1. The fourth-order valence-electron chi connectivity index (χ4n) is 2.23. The van der Waals surface area contributed by atoms with Crippen LogP contribution in [0.4, 0.5) is 0 Å². The highest BCUT2D eigenvalue weighted by atomic mass is 32.2. The van der Waals surface area contributed by atoms with Gasteiger partial charge in [-0.15, -0.1) is 0 Å². The van der Waals surface area contributed by atoms with E-state index in [1.54, 1.807) is 0 Å². The van der Waals surface area contributed by atoms with Crippen molar-refractivity contribution >= 4 is 41.4 Å². The zero-order valence-electron chi connectivity index (χ0n) is 17.5. The molecule has 0 heterocycles. The summed E-state index contributed by atoms with van der Waals surface area (Å²) in [4.78, 5) is 52.0. The van der Waals surface area contributed by atoms with E-state index in [1.165, 1.54) is 25.6 Å². The largest absolute Gasteiger partial charge is 0.480 e. The van der Waals surface area contributed by atoms with Gasteiger partial charge >= 0.3 is 5.97 Å². The van der Waals surface area contributed by atoms with Crippen molar-refractivity contribution in [3.8, 4) is 0 Å². The molecule has 3 amide bonds. The van der Waals surface area contributed by atoms with Crippen molar-refractivity contribution in [3.63, 3.8) is 0 Å². The van der Waals surface area contributed by atoms with E-state index in [4.69, 9.17) is 22.3 Å². The fourth-order valence-corrected chi connectivity index (χ4v) is 2.70. The first-order valence-electron chi connectivity index (χ1n) is 9.43. The average molecular weight is 448 g/mol. The van der Waals surface area contributed by atoms with Crippen LogP contribution in [0.3, 0.4) is 0 Å². The van der Waals surface area contributed by atoms with Gasteiger partial charge in [-0.1, -0.05) is 0 Å². The van der Waals surface area contributed by atoms with E-state index in [-0.39, 0.29) is 18.9 Å².